The predicted octanol–water partition coefficient (Wildman–Crippen LogP) is 3.04. The first-order valence-corrected chi connectivity index (χ1v) is 4.80. The van der Waals surface area contributed by atoms with Gasteiger partial charge in [0.25, 0.3) is 0 Å². The Bertz CT molecular complexity index is 307. The molecule has 0 heterocycles. The summed E-state index contributed by atoms with van der Waals surface area (Å²) in [5.41, 5.74) is 2.13. The van der Waals surface area contributed by atoms with Crippen molar-refractivity contribution in [3.8, 4) is 0 Å². The quantitative estimate of drug-likeness (QED) is 0.764. The summed E-state index contributed by atoms with van der Waals surface area (Å²) < 4.78 is 35.4. The molecular formula is C11H14F3N. The van der Waals surface area contributed by atoms with E-state index in [0.29, 0.717) is 6.54 Å². The minimum Gasteiger partial charge on any atom is -0.312 e. The van der Waals surface area contributed by atoms with Gasteiger partial charge in [0, 0.05) is 13.1 Å². The summed E-state index contributed by atoms with van der Waals surface area (Å²) in [6, 6.07) is 7.71. The van der Waals surface area contributed by atoms with Gasteiger partial charge in [-0.3, -0.25) is 0 Å². The number of nitrogens with one attached hydrogen (secondary N) is 1. The number of benzene rings is 1. The molecule has 0 unspecified atom stereocenters. The first-order valence-electron chi connectivity index (χ1n) is 4.80. The van der Waals surface area contributed by atoms with Gasteiger partial charge in [-0.05, 0) is 12.5 Å². The number of rotatable bonds is 4. The number of hydrogen-bond donors (Lipinski definition) is 1. The second-order valence-electron chi connectivity index (χ2n) is 3.53. The number of halogens is 3. The molecular weight excluding hydrogens is 203 g/mol. The molecule has 84 valence electrons. The predicted molar refractivity (Wildman–Crippen MR) is 53.6 cm³/mol. The van der Waals surface area contributed by atoms with Crippen LogP contribution in [0.1, 0.15) is 17.5 Å². The normalized spacial score (nSPS) is 11.7. The summed E-state index contributed by atoms with van der Waals surface area (Å²) in [5, 5.41) is 2.77. The van der Waals surface area contributed by atoms with E-state index in [9.17, 15) is 13.2 Å². The molecule has 0 saturated heterocycles. The van der Waals surface area contributed by atoms with Crippen molar-refractivity contribution in [3.05, 3.63) is 35.4 Å². The molecule has 1 aromatic rings. The molecule has 0 aliphatic carbocycles. The van der Waals surface area contributed by atoms with Gasteiger partial charge in [0.1, 0.15) is 0 Å². The average Bonchev–Trinajstić information content (AvgIpc) is 2.11. The first kappa shape index (κ1) is 12.0. The molecule has 0 aliphatic rings. The summed E-state index contributed by atoms with van der Waals surface area (Å²) >= 11 is 0. The lowest BCUT2D eigenvalue weighted by Gasteiger charge is -2.08. The molecule has 1 N–H and O–H groups in total. The van der Waals surface area contributed by atoms with Crippen molar-refractivity contribution in [2.45, 2.75) is 26.1 Å². The second kappa shape index (κ2) is 5.16. The summed E-state index contributed by atoms with van der Waals surface area (Å²) in [4.78, 5) is 0. The molecule has 1 rings (SSSR count). The van der Waals surface area contributed by atoms with Crippen molar-refractivity contribution in [2.75, 3.05) is 6.54 Å². The highest BCUT2D eigenvalue weighted by atomic mass is 19.4. The van der Waals surface area contributed by atoms with Crippen LogP contribution in [0, 0.1) is 6.92 Å². The summed E-state index contributed by atoms with van der Waals surface area (Å²) in [5.74, 6) is 0. The van der Waals surface area contributed by atoms with Crippen LogP contribution in [-0.2, 0) is 6.54 Å². The van der Waals surface area contributed by atoms with Crippen molar-refractivity contribution in [2.24, 2.45) is 0 Å². The SMILES string of the molecule is Cc1cccc(CNCCC(F)(F)F)c1. The average molecular weight is 217 g/mol. The topological polar surface area (TPSA) is 12.0 Å². The first-order chi connectivity index (χ1) is 6.97. The third-order valence-corrected chi connectivity index (χ3v) is 2.00. The van der Waals surface area contributed by atoms with E-state index < -0.39 is 12.6 Å². The van der Waals surface area contributed by atoms with Crippen molar-refractivity contribution >= 4 is 0 Å². The van der Waals surface area contributed by atoms with Crippen LogP contribution in [0.4, 0.5) is 13.2 Å². The molecule has 15 heavy (non-hydrogen) atoms. The van der Waals surface area contributed by atoms with E-state index in [1.807, 2.05) is 31.2 Å². The number of hydrogen-bond acceptors (Lipinski definition) is 1. The second-order valence-corrected chi connectivity index (χ2v) is 3.53. The Morgan fingerprint density at radius 1 is 1.27 bits per heavy atom. The molecule has 0 spiro atoms. The minimum absolute atomic E-state index is 0.0303. The van der Waals surface area contributed by atoms with Crippen LogP contribution in [0.3, 0.4) is 0 Å². The van der Waals surface area contributed by atoms with Crippen LogP contribution < -0.4 is 5.32 Å². The van der Waals surface area contributed by atoms with E-state index in [1.54, 1.807) is 0 Å². The molecule has 0 bridgehead atoms. The maximum atomic E-state index is 11.8. The van der Waals surface area contributed by atoms with Crippen molar-refractivity contribution in [1.82, 2.24) is 5.32 Å². The minimum atomic E-state index is -4.07. The van der Waals surface area contributed by atoms with E-state index >= 15 is 0 Å². The van der Waals surface area contributed by atoms with Gasteiger partial charge in [-0.2, -0.15) is 13.2 Å². The molecule has 0 saturated carbocycles. The zero-order chi connectivity index (χ0) is 11.3. The van der Waals surface area contributed by atoms with Gasteiger partial charge in [0.15, 0.2) is 0 Å². The summed E-state index contributed by atoms with van der Waals surface area (Å²) in [7, 11) is 0. The van der Waals surface area contributed by atoms with Crippen LogP contribution in [0.15, 0.2) is 24.3 Å². The van der Waals surface area contributed by atoms with Crippen molar-refractivity contribution in [3.63, 3.8) is 0 Å². The van der Waals surface area contributed by atoms with Gasteiger partial charge in [-0.25, -0.2) is 0 Å². The Morgan fingerprint density at radius 3 is 2.60 bits per heavy atom. The number of aryl methyl sites for hydroxylation is 1. The Morgan fingerprint density at radius 2 is 2.00 bits per heavy atom. The van der Waals surface area contributed by atoms with Gasteiger partial charge < -0.3 is 5.32 Å². The molecule has 0 atom stereocenters. The monoisotopic (exact) mass is 217 g/mol. The van der Waals surface area contributed by atoms with E-state index in [1.165, 1.54) is 0 Å². The zero-order valence-corrected chi connectivity index (χ0v) is 8.56. The molecule has 0 amide bonds. The van der Waals surface area contributed by atoms with Crippen molar-refractivity contribution < 1.29 is 13.2 Å². The molecule has 1 aromatic carbocycles. The molecule has 0 fully saturated rings. The van der Waals surface area contributed by atoms with Gasteiger partial charge in [-0.15, -0.1) is 0 Å². The Hall–Kier alpha value is -1.03. The molecule has 1 nitrogen and oxygen atoms in total. The molecule has 0 radical (unpaired) electrons. The van der Waals surface area contributed by atoms with E-state index in [-0.39, 0.29) is 6.54 Å². The summed E-state index contributed by atoms with van der Waals surface area (Å²) in [6.07, 6.45) is -4.85. The zero-order valence-electron chi connectivity index (χ0n) is 8.56. The Labute approximate surface area is 87.3 Å². The summed E-state index contributed by atoms with van der Waals surface area (Å²) in [6.45, 7) is 2.41. The molecule has 4 heteroatoms. The van der Waals surface area contributed by atoms with Crippen LogP contribution >= 0.6 is 0 Å². The van der Waals surface area contributed by atoms with Gasteiger partial charge in [-0.1, -0.05) is 29.8 Å². The van der Waals surface area contributed by atoms with Crippen molar-refractivity contribution in [1.29, 1.82) is 0 Å². The lowest BCUT2D eigenvalue weighted by molar-refractivity contribution is -0.133. The van der Waals surface area contributed by atoms with Crippen LogP contribution in [0.25, 0.3) is 0 Å². The fraction of sp³-hybridized carbons (Fsp3) is 0.455. The maximum Gasteiger partial charge on any atom is 0.390 e. The van der Waals surface area contributed by atoms with Gasteiger partial charge in [0.2, 0.25) is 0 Å². The third-order valence-electron chi connectivity index (χ3n) is 2.00. The largest absolute Gasteiger partial charge is 0.390 e. The van der Waals surface area contributed by atoms with Gasteiger partial charge >= 0.3 is 6.18 Å². The van der Waals surface area contributed by atoms with Gasteiger partial charge in [0.05, 0.1) is 6.42 Å². The highest BCUT2D eigenvalue weighted by Gasteiger charge is 2.25. The van der Waals surface area contributed by atoms with E-state index in [4.69, 9.17) is 0 Å². The standard InChI is InChI=1S/C11H14F3N/c1-9-3-2-4-10(7-9)8-15-6-5-11(12,13)14/h2-4,7,15H,5-6,8H2,1H3. The lowest BCUT2D eigenvalue weighted by atomic mass is 10.1. The van der Waals surface area contributed by atoms with Crippen LogP contribution in [-0.4, -0.2) is 12.7 Å². The Balaban J connectivity index is 2.26. The molecule has 0 aromatic heterocycles. The lowest BCUT2D eigenvalue weighted by Crippen LogP contribution is -2.21. The highest BCUT2D eigenvalue weighted by Crippen LogP contribution is 2.18. The molecule has 0 aliphatic heterocycles. The van der Waals surface area contributed by atoms with E-state index in [2.05, 4.69) is 5.32 Å². The van der Waals surface area contributed by atoms with Crippen LogP contribution in [0.2, 0.25) is 0 Å². The number of alkyl halides is 3. The van der Waals surface area contributed by atoms with Crippen LogP contribution in [0.5, 0.6) is 0 Å². The smallest absolute Gasteiger partial charge is 0.312 e. The Kier molecular flexibility index (Phi) is 4.15. The maximum absolute atomic E-state index is 11.8. The fourth-order valence-electron chi connectivity index (χ4n) is 1.28. The fourth-order valence-corrected chi connectivity index (χ4v) is 1.28. The third kappa shape index (κ3) is 5.42. The highest BCUT2D eigenvalue weighted by molar-refractivity contribution is 5.21. The van der Waals surface area contributed by atoms with E-state index in [0.717, 1.165) is 11.1 Å².